The van der Waals surface area contributed by atoms with Crippen LogP contribution < -0.4 is 11.1 Å². The first-order valence-corrected chi connectivity index (χ1v) is 8.64. The number of aliphatic hydroxyl groups is 1. The summed E-state index contributed by atoms with van der Waals surface area (Å²) >= 11 is 0. The third kappa shape index (κ3) is 5.25. The summed E-state index contributed by atoms with van der Waals surface area (Å²) in [6, 6.07) is -0.0447. The second-order valence-corrected chi connectivity index (χ2v) is 7.66. The summed E-state index contributed by atoms with van der Waals surface area (Å²) in [7, 11) is 0. The molecule has 1 atom stereocenters. The topological polar surface area (TPSA) is 87.7 Å². The number of aliphatic hydroxyl groups excluding tert-OH is 1. The number of nitrogens with zero attached hydrogens (tertiary/aromatic N) is 1. The van der Waals surface area contributed by atoms with Crippen LogP contribution in [0.5, 0.6) is 0 Å². The van der Waals surface area contributed by atoms with Gasteiger partial charge in [0, 0.05) is 18.3 Å². The summed E-state index contributed by atoms with van der Waals surface area (Å²) in [6.45, 7) is 6.46. The highest BCUT2D eigenvalue weighted by molar-refractivity contribution is 5.72. The number of hydrogen-bond donors (Lipinski definition) is 3. The highest BCUT2D eigenvalue weighted by Gasteiger charge is 2.22. The Kier molecular flexibility index (Phi) is 5.86. The highest BCUT2D eigenvalue weighted by Crippen LogP contribution is 2.29. The molecule has 0 aliphatic heterocycles. The summed E-state index contributed by atoms with van der Waals surface area (Å²) in [5, 5.41) is 13.0. The number of carbonyl (C=O) groups is 1. The van der Waals surface area contributed by atoms with E-state index in [0.29, 0.717) is 5.76 Å². The van der Waals surface area contributed by atoms with Crippen molar-refractivity contribution in [2.24, 2.45) is 22.1 Å². The lowest BCUT2D eigenvalue weighted by Gasteiger charge is -2.26. The molecule has 1 fully saturated rings. The van der Waals surface area contributed by atoms with Crippen LogP contribution in [0.4, 0.5) is 4.79 Å². The van der Waals surface area contributed by atoms with E-state index < -0.39 is 6.03 Å². The molecule has 5 nitrogen and oxygen atoms in total. The lowest BCUT2D eigenvalue weighted by atomic mass is 9.86. The minimum absolute atomic E-state index is 0.0467. The standard InChI is InChI=1S/C19H29N3O2/c1-19(2,3)14-5-4-13(17(23)11-6-14)12-21-15-7-9-16(10-8-15)22-18(20)24/h4-6,11-13,15-16,23H,7-10H2,1-3H3,(H3,20,22,24). The molecule has 0 aromatic rings. The van der Waals surface area contributed by atoms with Crippen molar-refractivity contribution in [2.45, 2.75) is 58.5 Å². The maximum absolute atomic E-state index is 10.9. The van der Waals surface area contributed by atoms with Crippen molar-refractivity contribution >= 4 is 12.2 Å². The van der Waals surface area contributed by atoms with Gasteiger partial charge in [-0.25, -0.2) is 4.79 Å². The summed E-state index contributed by atoms with van der Waals surface area (Å²) < 4.78 is 0. The molecule has 0 bridgehead atoms. The highest BCUT2D eigenvalue weighted by atomic mass is 16.3. The SMILES string of the molecule is CC(C)(C)C1=CC=C(O)C(C=NC2CCC(NC(N)=O)CC2)C=C1. The van der Waals surface area contributed by atoms with Crippen molar-refractivity contribution in [3.8, 4) is 0 Å². The molecule has 1 saturated carbocycles. The van der Waals surface area contributed by atoms with Crippen LogP contribution in [-0.4, -0.2) is 29.4 Å². The van der Waals surface area contributed by atoms with Gasteiger partial charge >= 0.3 is 6.03 Å². The average molecular weight is 331 g/mol. The molecule has 2 aliphatic rings. The Labute approximate surface area is 144 Å². The fourth-order valence-electron chi connectivity index (χ4n) is 3.06. The van der Waals surface area contributed by atoms with Gasteiger partial charge < -0.3 is 16.2 Å². The van der Waals surface area contributed by atoms with Crippen molar-refractivity contribution in [3.05, 3.63) is 35.6 Å². The van der Waals surface area contributed by atoms with Gasteiger partial charge in [0.15, 0.2) is 0 Å². The molecule has 24 heavy (non-hydrogen) atoms. The largest absolute Gasteiger partial charge is 0.511 e. The molecule has 0 radical (unpaired) electrons. The Hall–Kier alpha value is -2.04. The quantitative estimate of drug-likeness (QED) is 0.689. The number of aliphatic imine (C=N–C) groups is 1. The molecule has 5 heteroatoms. The number of nitrogens with two attached hydrogens (primary N) is 1. The van der Waals surface area contributed by atoms with Crippen LogP contribution in [0.2, 0.25) is 0 Å². The van der Waals surface area contributed by atoms with Gasteiger partial charge in [-0.05, 0) is 42.7 Å². The van der Waals surface area contributed by atoms with Crippen molar-refractivity contribution in [1.29, 1.82) is 0 Å². The second kappa shape index (κ2) is 7.69. The molecule has 2 rings (SSSR count). The number of primary amides is 1. The van der Waals surface area contributed by atoms with E-state index in [4.69, 9.17) is 5.73 Å². The number of amides is 2. The molecule has 0 aromatic heterocycles. The van der Waals surface area contributed by atoms with E-state index in [1.165, 1.54) is 5.57 Å². The zero-order valence-electron chi connectivity index (χ0n) is 14.8. The molecule has 0 heterocycles. The fraction of sp³-hybridized carbons (Fsp3) is 0.579. The lowest BCUT2D eigenvalue weighted by Crippen LogP contribution is -2.41. The van der Waals surface area contributed by atoms with Crippen LogP contribution in [0.25, 0.3) is 0 Å². The van der Waals surface area contributed by atoms with Gasteiger partial charge in [-0.1, -0.05) is 39.0 Å². The first-order chi connectivity index (χ1) is 11.3. The minimum atomic E-state index is -0.456. The van der Waals surface area contributed by atoms with Crippen molar-refractivity contribution in [2.75, 3.05) is 0 Å². The summed E-state index contributed by atoms with van der Waals surface area (Å²) in [5.41, 5.74) is 6.39. The van der Waals surface area contributed by atoms with E-state index in [0.717, 1.165) is 25.7 Å². The first kappa shape index (κ1) is 18.3. The van der Waals surface area contributed by atoms with Crippen LogP contribution in [0, 0.1) is 11.3 Å². The average Bonchev–Trinajstić information content (AvgIpc) is 2.67. The van der Waals surface area contributed by atoms with Gasteiger partial charge in [-0.3, -0.25) is 4.99 Å². The van der Waals surface area contributed by atoms with Crippen molar-refractivity contribution < 1.29 is 9.90 Å². The van der Waals surface area contributed by atoms with Crippen LogP contribution >= 0.6 is 0 Å². The second-order valence-electron chi connectivity index (χ2n) is 7.66. The number of rotatable bonds is 3. The maximum atomic E-state index is 10.9. The van der Waals surface area contributed by atoms with Gasteiger partial charge in [-0.15, -0.1) is 0 Å². The zero-order chi connectivity index (χ0) is 17.7. The van der Waals surface area contributed by atoms with E-state index in [1.807, 2.05) is 18.4 Å². The number of hydrogen-bond acceptors (Lipinski definition) is 3. The van der Waals surface area contributed by atoms with E-state index >= 15 is 0 Å². The summed E-state index contributed by atoms with van der Waals surface area (Å²) in [6.07, 6.45) is 13.3. The van der Waals surface area contributed by atoms with Crippen molar-refractivity contribution in [3.63, 3.8) is 0 Å². The van der Waals surface area contributed by atoms with Gasteiger partial charge in [0.05, 0.1) is 5.92 Å². The Morgan fingerprint density at radius 1 is 1.29 bits per heavy atom. The Balaban J connectivity index is 1.92. The van der Waals surface area contributed by atoms with Crippen LogP contribution in [-0.2, 0) is 0 Å². The number of allylic oxidation sites excluding steroid dienone is 5. The van der Waals surface area contributed by atoms with E-state index in [9.17, 15) is 9.90 Å². The zero-order valence-corrected chi connectivity index (χ0v) is 14.8. The molecule has 1 unspecified atom stereocenters. The molecular weight excluding hydrogens is 302 g/mol. The molecule has 2 amide bonds. The molecule has 2 aliphatic carbocycles. The Morgan fingerprint density at radius 2 is 1.96 bits per heavy atom. The van der Waals surface area contributed by atoms with E-state index in [-0.39, 0.29) is 23.4 Å². The predicted octanol–water partition coefficient (Wildman–Crippen LogP) is 3.64. The van der Waals surface area contributed by atoms with Crippen LogP contribution in [0.1, 0.15) is 46.5 Å². The van der Waals surface area contributed by atoms with Crippen molar-refractivity contribution in [1.82, 2.24) is 5.32 Å². The Morgan fingerprint density at radius 3 is 2.54 bits per heavy atom. The van der Waals surface area contributed by atoms with Crippen LogP contribution in [0.15, 0.2) is 40.6 Å². The summed E-state index contributed by atoms with van der Waals surface area (Å²) in [5.74, 6) is 0.140. The Bertz CT molecular complexity index is 574. The number of urea groups is 1. The molecule has 0 saturated heterocycles. The third-order valence-electron chi connectivity index (χ3n) is 4.62. The fourth-order valence-corrected chi connectivity index (χ4v) is 3.06. The molecular formula is C19H29N3O2. The molecule has 0 spiro atoms. The van der Waals surface area contributed by atoms with Gasteiger partial charge in [0.2, 0.25) is 0 Å². The normalized spacial score (nSPS) is 28.2. The molecule has 0 aromatic carbocycles. The van der Waals surface area contributed by atoms with Gasteiger partial charge in [0.25, 0.3) is 0 Å². The lowest BCUT2D eigenvalue weighted by molar-refractivity contribution is 0.239. The van der Waals surface area contributed by atoms with E-state index in [1.54, 1.807) is 6.08 Å². The predicted molar refractivity (Wildman–Crippen MR) is 98.1 cm³/mol. The smallest absolute Gasteiger partial charge is 0.312 e. The third-order valence-corrected chi connectivity index (χ3v) is 4.62. The monoisotopic (exact) mass is 331 g/mol. The number of carbonyl (C=O) groups excluding carboxylic acids is 1. The van der Waals surface area contributed by atoms with Gasteiger partial charge in [0.1, 0.15) is 5.76 Å². The molecule has 132 valence electrons. The van der Waals surface area contributed by atoms with Gasteiger partial charge in [-0.2, -0.15) is 0 Å². The maximum Gasteiger partial charge on any atom is 0.312 e. The van der Waals surface area contributed by atoms with E-state index in [2.05, 4.69) is 37.2 Å². The molecule has 4 N–H and O–H groups in total. The summed E-state index contributed by atoms with van der Waals surface area (Å²) in [4.78, 5) is 15.5. The number of nitrogens with one attached hydrogen (secondary N) is 1. The minimum Gasteiger partial charge on any atom is -0.511 e. The van der Waals surface area contributed by atoms with Crippen LogP contribution in [0.3, 0.4) is 0 Å². The first-order valence-electron chi connectivity index (χ1n) is 8.64.